The normalized spacial score (nSPS) is 18.5. The van der Waals surface area contributed by atoms with E-state index in [4.69, 9.17) is 9.47 Å². The zero-order valence-corrected chi connectivity index (χ0v) is 17.8. The van der Waals surface area contributed by atoms with Crippen LogP contribution in [0.15, 0.2) is 53.5 Å². The summed E-state index contributed by atoms with van der Waals surface area (Å²) in [5.41, 5.74) is 0.940. The van der Waals surface area contributed by atoms with Crippen LogP contribution in [-0.4, -0.2) is 59.8 Å². The molecule has 0 amide bonds. The Kier molecular flexibility index (Phi) is 6.27. The minimum atomic E-state index is -1.51. The van der Waals surface area contributed by atoms with Gasteiger partial charge in [-0.2, -0.15) is 0 Å². The van der Waals surface area contributed by atoms with Crippen molar-refractivity contribution in [3.05, 3.63) is 65.7 Å². The molecule has 10 heteroatoms. The molecule has 1 aliphatic rings. The number of aromatic amines is 1. The maximum absolute atomic E-state index is 14.2. The molecule has 1 aliphatic heterocycles. The van der Waals surface area contributed by atoms with Gasteiger partial charge < -0.3 is 19.4 Å². The Labute approximate surface area is 187 Å². The van der Waals surface area contributed by atoms with Crippen LogP contribution in [0.4, 0.5) is 14.5 Å². The standard InChI is InChI=1S/C23H20F2N4O4/c1-29(2)8-9-32-23(31)19-20(30)18(10-13-12-27-21-15(13)4-3-7-26-21)33-22(19)28-17-6-5-14(24)11-16(17)25/h3-7,10-12,19H,8-9H2,1-2H3,(H,26,27)/b18-10-,28-22?. The third-order valence-corrected chi connectivity index (χ3v) is 4.90. The fraction of sp³-hybridized carbons (Fsp3) is 0.217. The Bertz CT molecular complexity index is 1280. The largest absolute Gasteiger partial charge is 0.463 e. The lowest BCUT2D eigenvalue weighted by Crippen LogP contribution is -2.30. The van der Waals surface area contributed by atoms with Gasteiger partial charge in [-0.05, 0) is 44.4 Å². The highest BCUT2D eigenvalue weighted by atomic mass is 19.1. The quantitative estimate of drug-likeness (QED) is 0.349. The first kappa shape index (κ1) is 22.3. The number of fused-ring (bicyclic) bond motifs is 1. The Hall–Kier alpha value is -3.92. The molecule has 1 saturated heterocycles. The number of benzene rings is 1. The van der Waals surface area contributed by atoms with Crippen molar-refractivity contribution in [3.63, 3.8) is 0 Å². The highest BCUT2D eigenvalue weighted by molar-refractivity contribution is 6.27. The van der Waals surface area contributed by atoms with E-state index in [0.29, 0.717) is 23.8 Å². The van der Waals surface area contributed by atoms with Crippen molar-refractivity contribution >= 4 is 40.4 Å². The molecule has 1 unspecified atom stereocenters. The highest BCUT2D eigenvalue weighted by Crippen LogP contribution is 2.30. The van der Waals surface area contributed by atoms with Gasteiger partial charge in [-0.15, -0.1) is 0 Å². The first-order chi connectivity index (χ1) is 15.8. The fourth-order valence-corrected chi connectivity index (χ4v) is 3.21. The molecule has 33 heavy (non-hydrogen) atoms. The molecule has 1 atom stereocenters. The topological polar surface area (TPSA) is 96.9 Å². The molecule has 1 N–H and O–H groups in total. The van der Waals surface area contributed by atoms with E-state index in [-0.39, 0.29) is 24.0 Å². The molecule has 4 rings (SSSR count). The number of carbonyl (C=O) groups is 2. The molecule has 0 spiro atoms. The van der Waals surface area contributed by atoms with Gasteiger partial charge in [0.05, 0.1) is 0 Å². The molecule has 170 valence electrons. The summed E-state index contributed by atoms with van der Waals surface area (Å²) in [4.78, 5) is 38.8. The summed E-state index contributed by atoms with van der Waals surface area (Å²) >= 11 is 0. The van der Waals surface area contributed by atoms with Crippen LogP contribution in [0.1, 0.15) is 5.56 Å². The van der Waals surface area contributed by atoms with Gasteiger partial charge in [0.1, 0.15) is 23.8 Å². The predicted molar refractivity (Wildman–Crippen MR) is 117 cm³/mol. The van der Waals surface area contributed by atoms with Crippen LogP contribution in [-0.2, 0) is 19.1 Å². The second-order valence-electron chi connectivity index (χ2n) is 7.57. The van der Waals surface area contributed by atoms with E-state index in [0.717, 1.165) is 17.5 Å². The van der Waals surface area contributed by atoms with E-state index in [2.05, 4.69) is 15.0 Å². The number of nitrogens with zero attached hydrogens (tertiary/aromatic N) is 3. The Morgan fingerprint density at radius 2 is 2.15 bits per heavy atom. The summed E-state index contributed by atoms with van der Waals surface area (Å²) in [5.74, 6) is -5.30. The van der Waals surface area contributed by atoms with Crippen LogP contribution in [0.25, 0.3) is 17.1 Å². The van der Waals surface area contributed by atoms with Crippen molar-refractivity contribution in [1.82, 2.24) is 14.9 Å². The number of aliphatic imine (C=N–C) groups is 1. The summed E-state index contributed by atoms with van der Waals surface area (Å²) in [7, 11) is 3.61. The second-order valence-corrected chi connectivity index (χ2v) is 7.57. The first-order valence-electron chi connectivity index (χ1n) is 10.0. The van der Waals surface area contributed by atoms with E-state index in [9.17, 15) is 18.4 Å². The van der Waals surface area contributed by atoms with Crippen molar-refractivity contribution in [2.24, 2.45) is 10.9 Å². The first-order valence-corrected chi connectivity index (χ1v) is 10.0. The van der Waals surface area contributed by atoms with E-state index in [1.165, 1.54) is 6.08 Å². The van der Waals surface area contributed by atoms with Crippen molar-refractivity contribution in [3.8, 4) is 0 Å². The number of carbonyl (C=O) groups excluding carboxylic acids is 2. The monoisotopic (exact) mass is 454 g/mol. The van der Waals surface area contributed by atoms with Gasteiger partial charge in [0.15, 0.2) is 17.5 Å². The van der Waals surface area contributed by atoms with Crippen molar-refractivity contribution in [2.75, 3.05) is 27.2 Å². The third kappa shape index (κ3) is 4.80. The van der Waals surface area contributed by atoms with Gasteiger partial charge in [0.25, 0.3) is 0 Å². The number of H-pyrrole nitrogens is 1. The number of aromatic nitrogens is 2. The average molecular weight is 454 g/mol. The average Bonchev–Trinajstić information content (AvgIpc) is 3.31. The van der Waals surface area contributed by atoms with E-state index in [1.54, 1.807) is 43.5 Å². The number of pyridine rings is 1. The number of ketones is 1. The number of hydrogen-bond acceptors (Lipinski definition) is 7. The van der Waals surface area contributed by atoms with Gasteiger partial charge in [-0.3, -0.25) is 9.59 Å². The molecule has 3 aromatic rings. The van der Waals surface area contributed by atoms with Crippen molar-refractivity contribution in [2.45, 2.75) is 0 Å². The summed E-state index contributed by atoms with van der Waals surface area (Å²) in [6.07, 6.45) is 4.71. The molecule has 0 saturated carbocycles. The number of Topliss-reactive ketones (excluding diaryl/α,β-unsaturated/α-hetero) is 1. The van der Waals surface area contributed by atoms with Crippen LogP contribution in [0.2, 0.25) is 0 Å². The lowest BCUT2D eigenvalue weighted by atomic mass is 10.0. The number of allylic oxidation sites excluding steroid dienone is 1. The van der Waals surface area contributed by atoms with Gasteiger partial charge >= 0.3 is 5.97 Å². The number of hydrogen-bond donors (Lipinski definition) is 1. The van der Waals surface area contributed by atoms with E-state index >= 15 is 0 Å². The SMILES string of the molecule is CN(C)CCOC(=O)C1C(=O)/C(=C/c2c[nH]c3ncccc23)OC1=Nc1ccc(F)cc1F. The number of rotatable bonds is 6. The molecule has 8 nitrogen and oxygen atoms in total. The fourth-order valence-electron chi connectivity index (χ4n) is 3.21. The molecule has 0 bridgehead atoms. The van der Waals surface area contributed by atoms with Crippen molar-refractivity contribution in [1.29, 1.82) is 0 Å². The number of esters is 1. The lowest BCUT2D eigenvalue weighted by molar-refractivity contribution is -0.148. The summed E-state index contributed by atoms with van der Waals surface area (Å²) in [6, 6.07) is 6.30. The molecular weight excluding hydrogens is 434 g/mol. The maximum Gasteiger partial charge on any atom is 0.326 e. The van der Waals surface area contributed by atoms with Crippen molar-refractivity contribution < 1.29 is 27.8 Å². The number of ether oxygens (including phenoxy) is 2. The zero-order chi connectivity index (χ0) is 23.5. The number of likely N-dealkylation sites (N-methyl/N-ethyl adjacent to an activating group) is 1. The molecule has 2 aromatic heterocycles. The van der Waals surface area contributed by atoms with Crippen LogP contribution in [0.3, 0.4) is 0 Å². The van der Waals surface area contributed by atoms with Gasteiger partial charge in [0, 0.05) is 36.0 Å². The summed E-state index contributed by atoms with van der Waals surface area (Å²) in [6.45, 7) is 0.485. The molecular formula is C23H20F2N4O4. The number of halogens is 2. The molecule has 0 radical (unpaired) electrons. The highest BCUT2D eigenvalue weighted by Gasteiger charge is 2.45. The molecule has 0 aliphatic carbocycles. The maximum atomic E-state index is 14.2. The Balaban J connectivity index is 1.70. The van der Waals surface area contributed by atoms with Gasteiger partial charge in [-0.1, -0.05) is 0 Å². The van der Waals surface area contributed by atoms with Crippen LogP contribution < -0.4 is 0 Å². The minimum absolute atomic E-state index is 0.0426. The van der Waals surface area contributed by atoms with Crippen LogP contribution in [0, 0.1) is 17.6 Å². The van der Waals surface area contributed by atoms with E-state index in [1.807, 2.05) is 0 Å². The zero-order valence-electron chi connectivity index (χ0n) is 17.8. The molecule has 1 fully saturated rings. The number of nitrogens with one attached hydrogen (secondary N) is 1. The minimum Gasteiger partial charge on any atom is -0.463 e. The molecule has 1 aromatic carbocycles. The summed E-state index contributed by atoms with van der Waals surface area (Å²) in [5, 5.41) is 0.737. The summed E-state index contributed by atoms with van der Waals surface area (Å²) < 4.78 is 38.2. The smallest absolute Gasteiger partial charge is 0.326 e. The second kappa shape index (κ2) is 9.29. The Morgan fingerprint density at radius 1 is 1.33 bits per heavy atom. The van der Waals surface area contributed by atoms with Crippen LogP contribution in [0.5, 0.6) is 0 Å². The van der Waals surface area contributed by atoms with E-state index < -0.39 is 29.3 Å². The Morgan fingerprint density at radius 3 is 2.91 bits per heavy atom. The predicted octanol–water partition coefficient (Wildman–Crippen LogP) is 3.23. The van der Waals surface area contributed by atoms with Gasteiger partial charge in [-0.25, -0.2) is 18.8 Å². The molecule has 3 heterocycles. The lowest BCUT2D eigenvalue weighted by Gasteiger charge is -2.11. The van der Waals surface area contributed by atoms with Gasteiger partial charge in [0.2, 0.25) is 11.7 Å². The van der Waals surface area contributed by atoms with Crippen LogP contribution >= 0.6 is 0 Å². The third-order valence-electron chi connectivity index (χ3n) is 4.90.